The van der Waals surface area contributed by atoms with Gasteiger partial charge >= 0.3 is 0 Å². The highest BCUT2D eigenvalue weighted by Gasteiger charge is 2.32. The van der Waals surface area contributed by atoms with Crippen LogP contribution in [0.5, 0.6) is 0 Å². The fraction of sp³-hybridized carbons (Fsp3) is 1.00. The number of unbranched alkanes of at least 4 members (excludes halogenated alkanes) is 7. The molecule has 0 aliphatic heterocycles. The fourth-order valence-electron chi connectivity index (χ4n) is 3.80. The van der Waals surface area contributed by atoms with Crippen LogP contribution in [-0.4, -0.2) is 13.1 Å². The topological polar surface area (TPSA) is 12.0 Å². The monoisotopic (exact) mass is 281 g/mol. The minimum Gasteiger partial charge on any atom is -0.316 e. The minimum absolute atomic E-state index is 0.678. The van der Waals surface area contributed by atoms with Crippen LogP contribution in [0.25, 0.3) is 0 Å². The Bertz CT molecular complexity index is 206. The average Bonchev–Trinajstić information content (AvgIpc) is 2.91. The van der Waals surface area contributed by atoms with Gasteiger partial charge in [0.1, 0.15) is 0 Å². The van der Waals surface area contributed by atoms with Gasteiger partial charge in [-0.3, -0.25) is 0 Å². The number of hydrogen-bond acceptors (Lipinski definition) is 1. The van der Waals surface area contributed by atoms with Crippen LogP contribution in [-0.2, 0) is 0 Å². The third-order valence-corrected chi connectivity index (χ3v) is 5.15. The standard InChI is InChI=1S/C19H39N/c1-3-5-6-7-8-9-10-11-14-19(15-12-13-16-19)18-20-17-4-2/h20H,3-18H2,1-2H3. The molecule has 1 N–H and O–H groups in total. The Labute approximate surface area is 128 Å². The maximum Gasteiger partial charge on any atom is 0.000780 e. The van der Waals surface area contributed by atoms with Crippen molar-refractivity contribution in [2.45, 2.75) is 104 Å². The van der Waals surface area contributed by atoms with Crippen molar-refractivity contribution in [1.82, 2.24) is 5.32 Å². The lowest BCUT2D eigenvalue weighted by Crippen LogP contribution is -2.32. The van der Waals surface area contributed by atoms with Crippen molar-refractivity contribution in [2.24, 2.45) is 5.41 Å². The summed E-state index contributed by atoms with van der Waals surface area (Å²) < 4.78 is 0. The van der Waals surface area contributed by atoms with E-state index in [1.165, 1.54) is 103 Å². The molecule has 0 aromatic heterocycles. The number of hydrogen-bond donors (Lipinski definition) is 1. The Morgan fingerprint density at radius 1 is 0.750 bits per heavy atom. The Morgan fingerprint density at radius 2 is 1.35 bits per heavy atom. The van der Waals surface area contributed by atoms with E-state index in [0.29, 0.717) is 5.41 Å². The van der Waals surface area contributed by atoms with Crippen molar-refractivity contribution < 1.29 is 0 Å². The summed E-state index contributed by atoms with van der Waals surface area (Å²) in [5.41, 5.74) is 0.678. The van der Waals surface area contributed by atoms with Crippen LogP contribution in [0.2, 0.25) is 0 Å². The molecule has 1 saturated carbocycles. The summed E-state index contributed by atoms with van der Waals surface area (Å²) >= 11 is 0. The van der Waals surface area contributed by atoms with Gasteiger partial charge in [-0.15, -0.1) is 0 Å². The van der Waals surface area contributed by atoms with E-state index < -0.39 is 0 Å². The molecular weight excluding hydrogens is 242 g/mol. The lowest BCUT2D eigenvalue weighted by molar-refractivity contribution is 0.247. The largest absolute Gasteiger partial charge is 0.316 e. The molecule has 1 rings (SSSR count). The summed E-state index contributed by atoms with van der Waals surface area (Å²) in [5, 5.41) is 3.69. The molecular formula is C19H39N. The third kappa shape index (κ3) is 7.67. The van der Waals surface area contributed by atoms with Crippen LogP contribution in [0.1, 0.15) is 104 Å². The summed E-state index contributed by atoms with van der Waals surface area (Å²) in [6.07, 6.45) is 20.3. The molecule has 0 saturated heterocycles. The van der Waals surface area contributed by atoms with E-state index in [1.54, 1.807) is 0 Å². The molecule has 120 valence electrons. The summed E-state index contributed by atoms with van der Waals surface area (Å²) in [4.78, 5) is 0. The fourth-order valence-corrected chi connectivity index (χ4v) is 3.80. The maximum atomic E-state index is 3.69. The Morgan fingerprint density at radius 3 is 1.95 bits per heavy atom. The lowest BCUT2D eigenvalue weighted by Gasteiger charge is -2.29. The lowest BCUT2D eigenvalue weighted by atomic mass is 9.80. The predicted molar refractivity (Wildman–Crippen MR) is 91.3 cm³/mol. The molecule has 0 amide bonds. The van der Waals surface area contributed by atoms with Gasteiger partial charge in [0, 0.05) is 6.54 Å². The normalized spacial score (nSPS) is 17.7. The van der Waals surface area contributed by atoms with Crippen molar-refractivity contribution in [3.63, 3.8) is 0 Å². The van der Waals surface area contributed by atoms with Gasteiger partial charge in [0.25, 0.3) is 0 Å². The maximum absolute atomic E-state index is 3.69. The molecule has 1 fully saturated rings. The van der Waals surface area contributed by atoms with Crippen molar-refractivity contribution >= 4 is 0 Å². The van der Waals surface area contributed by atoms with Gasteiger partial charge in [-0.2, -0.15) is 0 Å². The Hall–Kier alpha value is -0.0400. The van der Waals surface area contributed by atoms with Crippen molar-refractivity contribution in [2.75, 3.05) is 13.1 Å². The quantitative estimate of drug-likeness (QED) is 0.404. The van der Waals surface area contributed by atoms with Gasteiger partial charge in [-0.05, 0) is 37.6 Å². The molecule has 1 aliphatic rings. The van der Waals surface area contributed by atoms with E-state index >= 15 is 0 Å². The van der Waals surface area contributed by atoms with Crippen LogP contribution in [0.15, 0.2) is 0 Å². The molecule has 0 radical (unpaired) electrons. The van der Waals surface area contributed by atoms with Gasteiger partial charge in [0.2, 0.25) is 0 Å². The van der Waals surface area contributed by atoms with Crippen molar-refractivity contribution in [1.29, 1.82) is 0 Å². The molecule has 1 aliphatic carbocycles. The number of nitrogens with one attached hydrogen (secondary N) is 1. The summed E-state index contributed by atoms with van der Waals surface area (Å²) in [6.45, 7) is 7.07. The molecule has 0 unspecified atom stereocenters. The molecule has 1 heteroatoms. The van der Waals surface area contributed by atoms with E-state index in [-0.39, 0.29) is 0 Å². The second-order valence-electron chi connectivity index (χ2n) is 7.11. The van der Waals surface area contributed by atoms with E-state index in [4.69, 9.17) is 0 Å². The molecule has 1 nitrogen and oxygen atoms in total. The highest BCUT2D eigenvalue weighted by Crippen LogP contribution is 2.41. The first-order valence-electron chi connectivity index (χ1n) is 9.54. The van der Waals surface area contributed by atoms with Crippen molar-refractivity contribution in [3.05, 3.63) is 0 Å². The zero-order valence-electron chi connectivity index (χ0n) is 14.3. The third-order valence-electron chi connectivity index (χ3n) is 5.15. The van der Waals surface area contributed by atoms with Crippen LogP contribution in [0, 0.1) is 5.41 Å². The van der Waals surface area contributed by atoms with Gasteiger partial charge in [-0.25, -0.2) is 0 Å². The highest BCUT2D eigenvalue weighted by molar-refractivity contribution is 4.86. The zero-order valence-corrected chi connectivity index (χ0v) is 14.3. The molecule has 0 bridgehead atoms. The smallest absolute Gasteiger partial charge is 0.000780 e. The second kappa shape index (κ2) is 11.6. The average molecular weight is 282 g/mol. The van der Waals surface area contributed by atoms with E-state index in [9.17, 15) is 0 Å². The summed E-state index contributed by atoms with van der Waals surface area (Å²) in [6, 6.07) is 0. The SMILES string of the molecule is CCCCCCCCCCC1(CNCCC)CCCC1. The Balaban J connectivity index is 2.04. The van der Waals surface area contributed by atoms with Gasteiger partial charge in [0.15, 0.2) is 0 Å². The van der Waals surface area contributed by atoms with Crippen LogP contribution in [0.3, 0.4) is 0 Å². The summed E-state index contributed by atoms with van der Waals surface area (Å²) in [7, 11) is 0. The van der Waals surface area contributed by atoms with E-state index in [1.807, 2.05) is 0 Å². The van der Waals surface area contributed by atoms with E-state index in [0.717, 1.165) is 0 Å². The van der Waals surface area contributed by atoms with Gasteiger partial charge in [-0.1, -0.05) is 78.1 Å². The molecule has 0 heterocycles. The predicted octanol–water partition coefficient (Wildman–Crippen LogP) is 6.08. The Kier molecular flexibility index (Phi) is 10.4. The first-order valence-corrected chi connectivity index (χ1v) is 9.54. The highest BCUT2D eigenvalue weighted by atomic mass is 14.9. The molecule has 0 aromatic carbocycles. The molecule has 0 atom stereocenters. The first-order chi connectivity index (χ1) is 9.83. The van der Waals surface area contributed by atoms with Crippen molar-refractivity contribution in [3.8, 4) is 0 Å². The van der Waals surface area contributed by atoms with Gasteiger partial charge in [0.05, 0.1) is 0 Å². The first kappa shape index (κ1) is 18.0. The van der Waals surface area contributed by atoms with Gasteiger partial charge < -0.3 is 5.32 Å². The second-order valence-corrected chi connectivity index (χ2v) is 7.11. The van der Waals surface area contributed by atoms with Crippen LogP contribution in [0.4, 0.5) is 0 Å². The molecule has 0 spiro atoms. The van der Waals surface area contributed by atoms with Crippen LogP contribution < -0.4 is 5.32 Å². The minimum atomic E-state index is 0.678. The van der Waals surface area contributed by atoms with Crippen LogP contribution >= 0.6 is 0 Å². The molecule has 0 aromatic rings. The van der Waals surface area contributed by atoms with E-state index in [2.05, 4.69) is 19.2 Å². The molecule has 20 heavy (non-hydrogen) atoms. The zero-order chi connectivity index (χ0) is 14.5. The summed E-state index contributed by atoms with van der Waals surface area (Å²) in [5.74, 6) is 0. The number of rotatable bonds is 13.